The molecule has 0 radical (unpaired) electrons. The van der Waals surface area contributed by atoms with Crippen molar-refractivity contribution in [2.24, 2.45) is 0 Å². The van der Waals surface area contributed by atoms with Crippen molar-refractivity contribution >= 4 is 47.1 Å². The second kappa shape index (κ2) is 10.0. The van der Waals surface area contributed by atoms with Crippen molar-refractivity contribution in [2.75, 3.05) is 39.5 Å². The molecule has 7 heteroatoms. The minimum absolute atomic E-state index is 0. The zero-order valence-corrected chi connectivity index (χ0v) is 19.6. The van der Waals surface area contributed by atoms with Crippen LogP contribution in [0.25, 0.3) is 21.6 Å². The first-order valence-electron chi connectivity index (χ1n) is 9.86. The number of rotatable bonds is 5. The first-order chi connectivity index (χ1) is 14.3. The van der Waals surface area contributed by atoms with Crippen LogP contribution in [0.1, 0.15) is 4.88 Å². The molecule has 1 fully saturated rings. The molecule has 3 heterocycles. The van der Waals surface area contributed by atoms with Gasteiger partial charge < -0.3 is 9.47 Å². The topological polar surface area (TPSA) is 21.7 Å². The SMILES string of the molecule is Cl.Clc1ccc2c(c1)-c1sc(COCCN3CCOCC3)cc1-c1ccccc1S2. The third-order valence-electron chi connectivity index (χ3n) is 5.27. The van der Waals surface area contributed by atoms with E-state index in [0.717, 1.165) is 44.5 Å². The van der Waals surface area contributed by atoms with Gasteiger partial charge in [-0.3, -0.25) is 4.90 Å². The Bertz CT molecular complexity index is 1020. The minimum Gasteiger partial charge on any atom is -0.379 e. The van der Waals surface area contributed by atoms with Gasteiger partial charge in [0.25, 0.3) is 0 Å². The highest BCUT2D eigenvalue weighted by molar-refractivity contribution is 7.99. The van der Waals surface area contributed by atoms with E-state index in [9.17, 15) is 0 Å². The third kappa shape index (κ3) is 4.73. The smallest absolute Gasteiger partial charge is 0.0810 e. The van der Waals surface area contributed by atoms with Gasteiger partial charge in [-0.1, -0.05) is 41.6 Å². The molecule has 5 rings (SSSR count). The van der Waals surface area contributed by atoms with Gasteiger partial charge in [0.2, 0.25) is 0 Å². The number of ether oxygens (including phenoxy) is 2. The van der Waals surface area contributed by atoms with Crippen LogP contribution in [0.5, 0.6) is 0 Å². The van der Waals surface area contributed by atoms with Crippen LogP contribution in [0.2, 0.25) is 5.02 Å². The zero-order valence-electron chi connectivity index (χ0n) is 16.4. The van der Waals surface area contributed by atoms with Crippen LogP contribution < -0.4 is 0 Å². The molecule has 0 N–H and O–H groups in total. The van der Waals surface area contributed by atoms with Crippen molar-refractivity contribution in [3.63, 3.8) is 0 Å². The van der Waals surface area contributed by atoms with Crippen LogP contribution in [-0.2, 0) is 16.1 Å². The monoisotopic (exact) mass is 479 g/mol. The molecule has 0 saturated carbocycles. The number of hydrogen-bond donors (Lipinski definition) is 0. The summed E-state index contributed by atoms with van der Waals surface area (Å²) in [5.74, 6) is 0. The lowest BCUT2D eigenvalue weighted by Gasteiger charge is -2.26. The number of fused-ring (bicyclic) bond motifs is 5. The van der Waals surface area contributed by atoms with E-state index in [2.05, 4.69) is 47.4 Å². The maximum Gasteiger partial charge on any atom is 0.0810 e. The summed E-state index contributed by atoms with van der Waals surface area (Å²) in [6, 6.07) is 17.1. The highest BCUT2D eigenvalue weighted by Crippen LogP contribution is 2.51. The molecule has 0 aliphatic carbocycles. The van der Waals surface area contributed by atoms with Crippen LogP contribution in [0, 0.1) is 0 Å². The lowest BCUT2D eigenvalue weighted by atomic mass is 10.0. The zero-order chi connectivity index (χ0) is 19.6. The van der Waals surface area contributed by atoms with Crippen LogP contribution in [-0.4, -0.2) is 44.4 Å². The average Bonchev–Trinajstić information content (AvgIpc) is 3.12. The fourth-order valence-electron chi connectivity index (χ4n) is 3.77. The van der Waals surface area contributed by atoms with Gasteiger partial charge in [0.05, 0.1) is 26.4 Å². The van der Waals surface area contributed by atoms with E-state index in [4.69, 9.17) is 21.1 Å². The fraction of sp³-hybridized carbons (Fsp3) is 0.304. The maximum absolute atomic E-state index is 6.35. The van der Waals surface area contributed by atoms with Gasteiger partial charge in [0.15, 0.2) is 0 Å². The first-order valence-corrected chi connectivity index (χ1v) is 11.9. The number of nitrogens with zero attached hydrogens (tertiary/aromatic N) is 1. The molecule has 0 atom stereocenters. The number of thiophene rings is 1. The molecule has 2 aliphatic heterocycles. The summed E-state index contributed by atoms with van der Waals surface area (Å²) in [5, 5.41) is 0.776. The van der Waals surface area contributed by atoms with Crippen molar-refractivity contribution in [2.45, 2.75) is 16.4 Å². The Balaban J connectivity index is 0.00000218. The molecule has 0 unspecified atom stereocenters. The van der Waals surface area contributed by atoms with E-state index in [0.29, 0.717) is 6.61 Å². The van der Waals surface area contributed by atoms with Gasteiger partial charge in [-0.15, -0.1) is 23.7 Å². The highest BCUT2D eigenvalue weighted by Gasteiger charge is 2.22. The van der Waals surface area contributed by atoms with E-state index in [1.165, 1.54) is 36.2 Å². The molecular weight excluding hydrogens is 457 g/mol. The predicted octanol–water partition coefficient (Wildman–Crippen LogP) is 6.47. The minimum atomic E-state index is 0. The standard InChI is InChI=1S/C23H22ClNO2S2.ClH/c24-16-5-6-22-20(13-16)23-19(18-3-1-2-4-21(18)29-22)14-17(28-23)15-27-12-9-25-7-10-26-11-8-25;/h1-6,13-14H,7-12,15H2;1H. The van der Waals surface area contributed by atoms with E-state index in [1.54, 1.807) is 0 Å². The highest BCUT2D eigenvalue weighted by atomic mass is 35.5. The third-order valence-corrected chi connectivity index (χ3v) is 7.80. The molecule has 1 saturated heterocycles. The summed E-state index contributed by atoms with van der Waals surface area (Å²) in [5.41, 5.74) is 3.79. The molecule has 2 aromatic carbocycles. The molecule has 158 valence electrons. The molecule has 0 amide bonds. The summed E-state index contributed by atoms with van der Waals surface area (Å²) >= 11 is 9.98. The number of hydrogen-bond acceptors (Lipinski definition) is 5. The predicted molar refractivity (Wildman–Crippen MR) is 128 cm³/mol. The molecule has 3 nitrogen and oxygen atoms in total. The van der Waals surface area contributed by atoms with Gasteiger partial charge in [0.1, 0.15) is 0 Å². The Kier molecular flexibility index (Phi) is 7.42. The van der Waals surface area contributed by atoms with E-state index < -0.39 is 0 Å². The Hall–Kier alpha value is -1.05. The average molecular weight is 480 g/mol. The Morgan fingerprint density at radius 1 is 0.967 bits per heavy atom. The van der Waals surface area contributed by atoms with Crippen molar-refractivity contribution in [1.29, 1.82) is 0 Å². The normalized spacial score (nSPS) is 15.5. The summed E-state index contributed by atoms with van der Waals surface area (Å²) in [6.45, 7) is 6.02. The molecule has 0 bridgehead atoms. The van der Waals surface area contributed by atoms with Crippen LogP contribution in [0.3, 0.4) is 0 Å². The largest absolute Gasteiger partial charge is 0.379 e. The van der Waals surface area contributed by atoms with Crippen molar-refractivity contribution in [3.8, 4) is 21.6 Å². The van der Waals surface area contributed by atoms with E-state index in [1.807, 2.05) is 29.2 Å². The van der Waals surface area contributed by atoms with Gasteiger partial charge in [-0.25, -0.2) is 0 Å². The molecule has 1 aromatic heterocycles. The van der Waals surface area contributed by atoms with Crippen LogP contribution >= 0.6 is 47.1 Å². The number of halogens is 2. The second-order valence-electron chi connectivity index (χ2n) is 7.20. The summed E-state index contributed by atoms with van der Waals surface area (Å²) < 4.78 is 11.4. The molecular formula is C23H23Cl2NO2S2. The van der Waals surface area contributed by atoms with Gasteiger partial charge >= 0.3 is 0 Å². The summed E-state index contributed by atoms with van der Waals surface area (Å²) in [7, 11) is 0. The molecule has 2 aliphatic rings. The van der Waals surface area contributed by atoms with Gasteiger partial charge in [0, 0.05) is 55.3 Å². The quantitative estimate of drug-likeness (QED) is 0.305. The Labute approximate surface area is 196 Å². The van der Waals surface area contributed by atoms with E-state index >= 15 is 0 Å². The molecule has 30 heavy (non-hydrogen) atoms. The van der Waals surface area contributed by atoms with Crippen LogP contribution in [0.15, 0.2) is 58.3 Å². The fourth-order valence-corrected chi connectivity index (χ4v) is 6.22. The van der Waals surface area contributed by atoms with Gasteiger partial charge in [-0.2, -0.15) is 0 Å². The number of benzene rings is 2. The lowest BCUT2D eigenvalue weighted by molar-refractivity contribution is 0.0183. The van der Waals surface area contributed by atoms with Gasteiger partial charge in [-0.05, 0) is 35.9 Å². The van der Waals surface area contributed by atoms with Crippen molar-refractivity contribution < 1.29 is 9.47 Å². The first kappa shape index (κ1) is 22.2. The maximum atomic E-state index is 6.35. The second-order valence-corrected chi connectivity index (χ2v) is 9.86. The van der Waals surface area contributed by atoms with E-state index in [-0.39, 0.29) is 12.4 Å². The van der Waals surface area contributed by atoms with Crippen LogP contribution in [0.4, 0.5) is 0 Å². The lowest BCUT2D eigenvalue weighted by Crippen LogP contribution is -2.38. The summed E-state index contributed by atoms with van der Waals surface area (Å²) in [6.07, 6.45) is 0. The Morgan fingerprint density at radius 2 is 1.77 bits per heavy atom. The number of morpholine rings is 1. The van der Waals surface area contributed by atoms with Crippen molar-refractivity contribution in [1.82, 2.24) is 4.90 Å². The summed E-state index contributed by atoms with van der Waals surface area (Å²) in [4.78, 5) is 7.48. The van der Waals surface area contributed by atoms with Crippen molar-refractivity contribution in [3.05, 3.63) is 58.4 Å². The molecule has 3 aromatic rings. The Morgan fingerprint density at radius 3 is 2.63 bits per heavy atom. The molecule has 0 spiro atoms.